The number of hydrogen-bond donors (Lipinski definition) is 1. The van der Waals surface area contributed by atoms with Gasteiger partial charge in [0.25, 0.3) is 0 Å². The molecule has 0 amide bonds. The Bertz CT molecular complexity index is 617. The summed E-state index contributed by atoms with van der Waals surface area (Å²) in [5, 5.41) is 9.42. The molecule has 104 valence electrons. The Morgan fingerprint density at radius 1 is 1.40 bits per heavy atom. The van der Waals surface area contributed by atoms with Crippen LogP contribution in [0.4, 0.5) is 0 Å². The SMILES string of the molecule is CCS/C(N)=N/N=C/c1sc(-c2ccccc2)nc1C. The highest BCUT2D eigenvalue weighted by Crippen LogP contribution is 2.26. The lowest BCUT2D eigenvalue weighted by molar-refractivity contribution is 1.23. The molecular formula is C14H16N4S2. The summed E-state index contributed by atoms with van der Waals surface area (Å²) in [4.78, 5) is 5.56. The summed E-state index contributed by atoms with van der Waals surface area (Å²) in [5.74, 6) is 0.891. The lowest BCUT2D eigenvalue weighted by Crippen LogP contribution is -2.05. The molecule has 0 spiro atoms. The maximum absolute atomic E-state index is 5.67. The van der Waals surface area contributed by atoms with Crippen LogP contribution in [0.5, 0.6) is 0 Å². The van der Waals surface area contributed by atoms with Gasteiger partial charge in [-0.1, -0.05) is 49.0 Å². The number of thioether (sulfide) groups is 1. The Hall–Kier alpha value is -1.66. The highest BCUT2D eigenvalue weighted by atomic mass is 32.2. The van der Waals surface area contributed by atoms with Crippen molar-refractivity contribution in [3.05, 3.63) is 40.9 Å². The molecule has 0 saturated carbocycles. The first-order valence-corrected chi connectivity index (χ1v) is 8.03. The monoisotopic (exact) mass is 304 g/mol. The molecule has 1 aromatic heterocycles. The second-order valence-corrected chi connectivity index (χ2v) is 6.27. The van der Waals surface area contributed by atoms with Crippen molar-refractivity contribution < 1.29 is 0 Å². The molecule has 0 aliphatic carbocycles. The average Bonchev–Trinajstić information content (AvgIpc) is 2.82. The van der Waals surface area contributed by atoms with Gasteiger partial charge in [0, 0.05) is 5.56 Å². The van der Waals surface area contributed by atoms with E-state index in [0.717, 1.165) is 26.9 Å². The van der Waals surface area contributed by atoms with Crippen molar-refractivity contribution >= 4 is 34.5 Å². The van der Waals surface area contributed by atoms with E-state index >= 15 is 0 Å². The van der Waals surface area contributed by atoms with Crippen molar-refractivity contribution in [2.75, 3.05) is 5.75 Å². The fourth-order valence-corrected chi connectivity index (χ4v) is 2.89. The van der Waals surface area contributed by atoms with Crippen LogP contribution in [0.25, 0.3) is 10.6 Å². The molecule has 0 unspecified atom stereocenters. The van der Waals surface area contributed by atoms with Gasteiger partial charge in [-0.2, -0.15) is 5.10 Å². The van der Waals surface area contributed by atoms with E-state index in [1.165, 1.54) is 11.8 Å². The average molecular weight is 304 g/mol. The standard InChI is InChI=1S/C14H16N4S2/c1-3-19-14(15)18-16-9-12-10(2)17-13(20-12)11-7-5-4-6-8-11/h4-9H,3H2,1-2H3,(H2,15,18)/b16-9+. The highest BCUT2D eigenvalue weighted by Gasteiger charge is 2.07. The molecule has 6 heteroatoms. The van der Waals surface area contributed by atoms with Crippen LogP contribution in [0, 0.1) is 6.92 Å². The van der Waals surface area contributed by atoms with Crippen molar-refractivity contribution in [1.82, 2.24) is 4.98 Å². The summed E-state index contributed by atoms with van der Waals surface area (Å²) in [6, 6.07) is 10.1. The first kappa shape index (κ1) is 14.7. The summed E-state index contributed by atoms with van der Waals surface area (Å²) in [6.07, 6.45) is 1.71. The number of hydrogen-bond acceptors (Lipinski definition) is 5. The first-order chi connectivity index (χ1) is 9.70. The second-order valence-electron chi connectivity index (χ2n) is 3.95. The van der Waals surface area contributed by atoms with Crippen LogP contribution in [0.1, 0.15) is 17.5 Å². The van der Waals surface area contributed by atoms with Gasteiger partial charge in [0.15, 0.2) is 5.17 Å². The highest BCUT2D eigenvalue weighted by molar-refractivity contribution is 8.13. The number of rotatable bonds is 4. The molecule has 1 aromatic carbocycles. The molecule has 2 rings (SSSR count). The van der Waals surface area contributed by atoms with E-state index in [-0.39, 0.29) is 0 Å². The number of thiazole rings is 1. The molecule has 20 heavy (non-hydrogen) atoms. The van der Waals surface area contributed by atoms with Crippen molar-refractivity contribution in [3.8, 4) is 10.6 Å². The van der Waals surface area contributed by atoms with E-state index in [4.69, 9.17) is 5.73 Å². The summed E-state index contributed by atoms with van der Waals surface area (Å²) < 4.78 is 0. The zero-order valence-electron chi connectivity index (χ0n) is 11.4. The number of amidine groups is 1. The summed E-state index contributed by atoms with van der Waals surface area (Å²) in [7, 11) is 0. The van der Waals surface area contributed by atoms with E-state index < -0.39 is 0 Å². The van der Waals surface area contributed by atoms with Crippen LogP contribution < -0.4 is 5.73 Å². The Kier molecular flexibility index (Phi) is 5.31. The zero-order valence-corrected chi connectivity index (χ0v) is 13.0. The van der Waals surface area contributed by atoms with Gasteiger partial charge in [0.2, 0.25) is 0 Å². The molecule has 0 aliphatic rings. The third kappa shape index (κ3) is 3.91. The molecular weight excluding hydrogens is 288 g/mol. The molecule has 0 radical (unpaired) electrons. The van der Waals surface area contributed by atoms with E-state index in [1.54, 1.807) is 17.6 Å². The fraction of sp³-hybridized carbons (Fsp3) is 0.214. The van der Waals surface area contributed by atoms with Crippen LogP contribution in [0.2, 0.25) is 0 Å². The molecule has 4 nitrogen and oxygen atoms in total. The van der Waals surface area contributed by atoms with Gasteiger partial charge in [0.05, 0.1) is 16.8 Å². The fourth-order valence-electron chi connectivity index (χ4n) is 1.55. The lowest BCUT2D eigenvalue weighted by atomic mass is 10.2. The van der Waals surface area contributed by atoms with Crippen molar-refractivity contribution in [2.24, 2.45) is 15.9 Å². The molecule has 0 saturated heterocycles. The Balaban J connectivity index is 2.16. The minimum absolute atomic E-state index is 0.481. The summed E-state index contributed by atoms with van der Waals surface area (Å²) in [5.41, 5.74) is 7.74. The Morgan fingerprint density at radius 2 is 2.15 bits per heavy atom. The van der Waals surface area contributed by atoms with Crippen LogP contribution >= 0.6 is 23.1 Å². The Labute approximate surface area is 126 Å². The van der Waals surface area contributed by atoms with Crippen molar-refractivity contribution in [1.29, 1.82) is 0 Å². The molecule has 0 aliphatic heterocycles. The van der Waals surface area contributed by atoms with Gasteiger partial charge in [-0.3, -0.25) is 0 Å². The predicted molar refractivity (Wildman–Crippen MR) is 89.6 cm³/mol. The first-order valence-electron chi connectivity index (χ1n) is 6.23. The van der Waals surface area contributed by atoms with Crippen molar-refractivity contribution in [2.45, 2.75) is 13.8 Å². The molecule has 1 heterocycles. The number of aryl methyl sites for hydroxylation is 1. The third-order valence-corrected chi connectivity index (χ3v) is 4.28. The van der Waals surface area contributed by atoms with Gasteiger partial charge < -0.3 is 5.73 Å². The minimum atomic E-state index is 0.481. The Morgan fingerprint density at radius 3 is 2.85 bits per heavy atom. The summed E-state index contributed by atoms with van der Waals surface area (Å²) in [6.45, 7) is 3.99. The van der Waals surface area contributed by atoms with Gasteiger partial charge in [-0.15, -0.1) is 16.4 Å². The number of nitrogens with two attached hydrogens (primary N) is 1. The van der Waals surface area contributed by atoms with E-state index in [2.05, 4.69) is 15.2 Å². The topological polar surface area (TPSA) is 63.6 Å². The van der Waals surface area contributed by atoms with Crippen molar-refractivity contribution in [3.63, 3.8) is 0 Å². The van der Waals surface area contributed by atoms with Crippen LogP contribution in [0.15, 0.2) is 40.5 Å². The number of nitrogens with zero attached hydrogens (tertiary/aromatic N) is 3. The van der Waals surface area contributed by atoms with Crippen LogP contribution in [-0.4, -0.2) is 22.1 Å². The normalized spacial score (nSPS) is 12.2. The van der Waals surface area contributed by atoms with Gasteiger partial charge in [0.1, 0.15) is 5.01 Å². The smallest absolute Gasteiger partial charge is 0.180 e. The zero-order chi connectivity index (χ0) is 14.4. The predicted octanol–water partition coefficient (Wildman–Crippen LogP) is 3.52. The largest absolute Gasteiger partial charge is 0.377 e. The van der Waals surface area contributed by atoms with Gasteiger partial charge in [-0.05, 0) is 12.7 Å². The van der Waals surface area contributed by atoms with E-state index in [1.807, 2.05) is 44.2 Å². The van der Waals surface area contributed by atoms with Gasteiger partial charge in [-0.25, -0.2) is 4.98 Å². The van der Waals surface area contributed by atoms with Crippen LogP contribution in [-0.2, 0) is 0 Å². The quantitative estimate of drug-likeness (QED) is 0.534. The number of aromatic nitrogens is 1. The molecule has 0 fully saturated rings. The second kappa shape index (κ2) is 7.21. The summed E-state index contributed by atoms with van der Waals surface area (Å²) >= 11 is 3.07. The maximum Gasteiger partial charge on any atom is 0.180 e. The van der Waals surface area contributed by atoms with E-state index in [9.17, 15) is 0 Å². The van der Waals surface area contributed by atoms with Crippen LogP contribution in [0.3, 0.4) is 0 Å². The molecule has 2 N–H and O–H groups in total. The maximum atomic E-state index is 5.67. The molecule has 0 atom stereocenters. The van der Waals surface area contributed by atoms with Gasteiger partial charge >= 0.3 is 0 Å². The molecule has 2 aromatic rings. The third-order valence-electron chi connectivity index (χ3n) is 2.48. The molecule has 0 bridgehead atoms. The number of benzene rings is 1. The lowest BCUT2D eigenvalue weighted by Gasteiger charge is -1.92. The minimum Gasteiger partial charge on any atom is -0.377 e. The van der Waals surface area contributed by atoms with E-state index in [0.29, 0.717) is 5.17 Å².